The topological polar surface area (TPSA) is 228 Å². The summed E-state index contributed by atoms with van der Waals surface area (Å²) in [5, 5.41) is 87.5. The molecule has 2 heterocycles. The molecule has 2 fully saturated rings. The quantitative estimate of drug-likeness (QED) is 0.0204. The van der Waals surface area contributed by atoms with Gasteiger partial charge >= 0.3 is 0 Å². The molecule has 0 bridgehead atoms. The third-order valence-electron chi connectivity index (χ3n) is 18.3. The molecule has 1 amide bonds. The van der Waals surface area contributed by atoms with Crippen LogP contribution in [-0.4, -0.2) is 140 Å². The summed E-state index contributed by atoms with van der Waals surface area (Å²) in [5.41, 5.74) is 0. The lowest BCUT2D eigenvalue weighted by atomic mass is 9.97. The van der Waals surface area contributed by atoms with Crippen molar-refractivity contribution in [3.63, 3.8) is 0 Å². The molecule has 518 valence electrons. The largest absolute Gasteiger partial charge is 0.394 e. The molecule has 14 nitrogen and oxygen atoms in total. The number of hydrogen-bond acceptors (Lipinski definition) is 13. The molecular weight excluding hydrogens is 1110 g/mol. The number of aliphatic hydroxyl groups is 8. The smallest absolute Gasteiger partial charge is 0.220 e. The van der Waals surface area contributed by atoms with Crippen LogP contribution >= 0.6 is 0 Å². The van der Waals surface area contributed by atoms with Crippen LogP contribution in [0.5, 0.6) is 0 Å². The molecule has 0 aliphatic carbocycles. The van der Waals surface area contributed by atoms with E-state index in [1.807, 2.05) is 6.08 Å². The Labute approximate surface area is 538 Å². The lowest BCUT2D eigenvalue weighted by Gasteiger charge is -2.46. The van der Waals surface area contributed by atoms with E-state index < -0.39 is 86.8 Å². The molecule has 0 aromatic rings. The third kappa shape index (κ3) is 42.4. The Morgan fingerprint density at radius 1 is 0.409 bits per heavy atom. The lowest BCUT2D eigenvalue weighted by molar-refractivity contribution is -0.359. The van der Waals surface area contributed by atoms with Crippen LogP contribution in [0.1, 0.15) is 335 Å². The van der Waals surface area contributed by atoms with Gasteiger partial charge in [-0.1, -0.05) is 314 Å². The zero-order valence-electron chi connectivity index (χ0n) is 56.5. The molecule has 2 aliphatic heterocycles. The summed E-state index contributed by atoms with van der Waals surface area (Å²) >= 11 is 0. The van der Waals surface area contributed by atoms with Crippen molar-refractivity contribution in [2.45, 2.75) is 408 Å². The number of carbonyl (C=O) groups is 1. The van der Waals surface area contributed by atoms with Crippen LogP contribution in [0.3, 0.4) is 0 Å². The Kier molecular flexibility index (Phi) is 55.2. The molecule has 0 saturated carbocycles. The highest BCUT2D eigenvalue weighted by atomic mass is 16.7. The van der Waals surface area contributed by atoms with Crippen molar-refractivity contribution < 1.29 is 64.6 Å². The number of ether oxygens (including phenoxy) is 4. The van der Waals surface area contributed by atoms with E-state index in [1.54, 1.807) is 6.08 Å². The van der Waals surface area contributed by atoms with Crippen molar-refractivity contribution >= 4 is 5.91 Å². The molecule has 14 heteroatoms. The van der Waals surface area contributed by atoms with E-state index in [-0.39, 0.29) is 18.9 Å². The molecule has 2 aliphatic rings. The Hall–Kier alpha value is -1.79. The van der Waals surface area contributed by atoms with Crippen molar-refractivity contribution in [1.82, 2.24) is 5.32 Å². The second-order valence-electron chi connectivity index (χ2n) is 26.4. The van der Waals surface area contributed by atoms with Gasteiger partial charge < -0.3 is 65.1 Å². The highest BCUT2D eigenvalue weighted by Crippen LogP contribution is 2.30. The standard InChI is InChI=1S/C74H139NO13/c1-3-5-7-9-11-13-15-17-19-21-23-24-25-26-27-28-29-30-31-32-33-34-35-36-37-38-40-42-44-46-48-50-52-54-56-58-66(79)75-62(63(78)57-55-53-51-49-47-45-43-41-39-22-20-18-16-14-12-10-8-6-4-2)61-85-73-71(84)69(82)72(65(60-77)87-73)88-74-70(83)68(81)67(80)64(59-76)86-74/h15,17,21,23,55,57,62-65,67-74,76-78,80-84H,3-14,16,18-20,22,24-54,56,58-61H2,1-2H3,(H,75,79)/b17-15-,23-21-,57-55+. The summed E-state index contributed by atoms with van der Waals surface area (Å²) in [5.74, 6) is -0.232. The van der Waals surface area contributed by atoms with E-state index >= 15 is 0 Å². The van der Waals surface area contributed by atoms with Crippen molar-refractivity contribution in [3.05, 3.63) is 36.5 Å². The second kappa shape index (κ2) is 59.0. The zero-order valence-corrected chi connectivity index (χ0v) is 56.5. The Morgan fingerprint density at radius 2 is 0.750 bits per heavy atom. The predicted octanol–water partition coefficient (Wildman–Crippen LogP) is 15.7. The van der Waals surface area contributed by atoms with E-state index in [1.165, 1.54) is 263 Å². The monoisotopic (exact) mass is 1250 g/mol. The molecule has 0 spiro atoms. The van der Waals surface area contributed by atoms with Gasteiger partial charge in [0.2, 0.25) is 5.91 Å². The van der Waals surface area contributed by atoms with Gasteiger partial charge in [-0.05, 0) is 51.4 Å². The average molecular weight is 1250 g/mol. The van der Waals surface area contributed by atoms with Gasteiger partial charge in [-0.15, -0.1) is 0 Å². The molecule has 0 radical (unpaired) electrons. The molecular formula is C74H139NO13. The summed E-state index contributed by atoms with van der Waals surface area (Å²) in [6, 6.07) is -0.913. The van der Waals surface area contributed by atoms with Crippen LogP contribution in [0, 0.1) is 0 Å². The van der Waals surface area contributed by atoms with Crippen LogP contribution in [0.15, 0.2) is 36.5 Å². The summed E-state index contributed by atoms with van der Waals surface area (Å²) in [4.78, 5) is 13.3. The number of carbonyl (C=O) groups excluding carboxylic acids is 1. The molecule has 0 aromatic carbocycles. The molecule has 9 N–H and O–H groups in total. The fraction of sp³-hybridized carbons (Fsp3) is 0.905. The third-order valence-corrected chi connectivity index (χ3v) is 18.3. The normalized spacial score (nSPS) is 23.3. The number of unbranched alkanes of at least 4 members (excludes halogenated alkanes) is 45. The highest BCUT2D eigenvalue weighted by molar-refractivity contribution is 5.76. The number of hydrogen-bond donors (Lipinski definition) is 9. The number of rotatable bonds is 62. The fourth-order valence-corrected chi connectivity index (χ4v) is 12.4. The maximum atomic E-state index is 13.3. The van der Waals surface area contributed by atoms with Crippen LogP contribution < -0.4 is 5.32 Å². The second-order valence-corrected chi connectivity index (χ2v) is 26.4. The van der Waals surface area contributed by atoms with Gasteiger partial charge in [0.05, 0.1) is 32.0 Å². The summed E-state index contributed by atoms with van der Waals surface area (Å²) in [6.07, 6.45) is 59.3. The van der Waals surface area contributed by atoms with Gasteiger partial charge in [0.25, 0.3) is 0 Å². The van der Waals surface area contributed by atoms with Crippen molar-refractivity contribution in [2.75, 3.05) is 19.8 Å². The molecule has 2 saturated heterocycles. The SMILES string of the molecule is CCCCCCC/C=C\C/C=C\CCCCCCCCCCCCCCCCCCCCCCCCCC(=O)NC(COC1OC(CO)C(OC2OC(CO)C(O)C(O)C2O)C(O)C1O)C(O)/C=C/CCCCCCCCCCCCCCCCCCC. The minimum absolute atomic E-state index is 0.232. The highest BCUT2D eigenvalue weighted by Gasteiger charge is 2.51. The zero-order chi connectivity index (χ0) is 63.8. The van der Waals surface area contributed by atoms with Gasteiger partial charge in [-0.2, -0.15) is 0 Å². The van der Waals surface area contributed by atoms with Crippen molar-refractivity contribution in [3.8, 4) is 0 Å². The molecule has 12 atom stereocenters. The summed E-state index contributed by atoms with van der Waals surface area (Å²) < 4.78 is 22.9. The molecule has 2 rings (SSSR count). The Balaban J connectivity index is 1.61. The van der Waals surface area contributed by atoms with E-state index in [0.717, 1.165) is 44.9 Å². The summed E-state index contributed by atoms with van der Waals surface area (Å²) in [7, 11) is 0. The van der Waals surface area contributed by atoms with Gasteiger partial charge in [-0.25, -0.2) is 0 Å². The van der Waals surface area contributed by atoms with Gasteiger partial charge in [-0.3, -0.25) is 4.79 Å². The minimum Gasteiger partial charge on any atom is -0.394 e. The van der Waals surface area contributed by atoms with Crippen LogP contribution in [0.25, 0.3) is 0 Å². The van der Waals surface area contributed by atoms with E-state index in [4.69, 9.17) is 18.9 Å². The number of allylic oxidation sites excluding steroid dienone is 5. The van der Waals surface area contributed by atoms with E-state index in [2.05, 4.69) is 43.5 Å². The first-order valence-corrected chi connectivity index (χ1v) is 37.2. The Bertz CT molecular complexity index is 1620. The van der Waals surface area contributed by atoms with E-state index in [9.17, 15) is 45.6 Å². The van der Waals surface area contributed by atoms with Crippen LogP contribution in [0.2, 0.25) is 0 Å². The summed E-state index contributed by atoms with van der Waals surface area (Å²) in [6.45, 7) is 2.84. The maximum absolute atomic E-state index is 13.3. The predicted molar refractivity (Wildman–Crippen MR) is 360 cm³/mol. The van der Waals surface area contributed by atoms with Crippen molar-refractivity contribution in [1.29, 1.82) is 0 Å². The number of amides is 1. The lowest BCUT2D eigenvalue weighted by Crippen LogP contribution is -2.65. The van der Waals surface area contributed by atoms with Gasteiger partial charge in [0.15, 0.2) is 12.6 Å². The molecule has 88 heavy (non-hydrogen) atoms. The maximum Gasteiger partial charge on any atom is 0.220 e. The van der Waals surface area contributed by atoms with Crippen LogP contribution in [0.4, 0.5) is 0 Å². The molecule has 12 unspecified atom stereocenters. The first kappa shape index (κ1) is 82.3. The number of aliphatic hydroxyl groups excluding tert-OH is 8. The fourth-order valence-electron chi connectivity index (χ4n) is 12.4. The van der Waals surface area contributed by atoms with Gasteiger partial charge in [0.1, 0.15) is 48.8 Å². The first-order valence-electron chi connectivity index (χ1n) is 37.2. The van der Waals surface area contributed by atoms with Crippen molar-refractivity contribution in [2.24, 2.45) is 0 Å². The van der Waals surface area contributed by atoms with Crippen LogP contribution in [-0.2, 0) is 23.7 Å². The van der Waals surface area contributed by atoms with E-state index in [0.29, 0.717) is 6.42 Å². The Morgan fingerprint density at radius 3 is 1.14 bits per heavy atom. The first-order chi connectivity index (χ1) is 43.1. The van der Waals surface area contributed by atoms with Gasteiger partial charge in [0, 0.05) is 6.42 Å². The molecule has 0 aromatic heterocycles. The average Bonchev–Trinajstić information content (AvgIpc) is 1.84. The minimum atomic E-state index is -1.79. The number of nitrogens with one attached hydrogen (secondary N) is 1.